The summed E-state index contributed by atoms with van der Waals surface area (Å²) in [5.41, 5.74) is 3.29. The third-order valence-corrected chi connectivity index (χ3v) is 6.77. The van der Waals surface area contributed by atoms with Gasteiger partial charge in [0, 0.05) is 24.7 Å². The van der Waals surface area contributed by atoms with Crippen LogP contribution in [0.4, 0.5) is 4.39 Å². The number of piperidine rings is 1. The molecule has 2 heterocycles. The molecule has 1 aliphatic carbocycles. The Morgan fingerprint density at radius 3 is 2.54 bits per heavy atom. The Morgan fingerprint density at radius 1 is 1.21 bits per heavy atom. The molecular weight excluding hydrogens is 381 g/mol. The Balaban J connectivity index is 0.00000225. The summed E-state index contributed by atoms with van der Waals surface area (Å²) in [6, 6.07) is 6.39. The minimum Gasteiger partial charge on any atom is -0.347 e. The van der Waals surface area contributed by atoms with E-state index in [9.17, 15) is 9.18 Å². The van der Waals surface area contributed by atoms with Gasteiger partial charge in [-0.3, -0.25) is 9.47 Å². The minimum absolute atomic E-state index is 0. The number of rotatable bonds is 4. The van der Waals surface area contributed by atoms with Crippen LogP contribution in [0.1, 0.15) is 57.1 Å². The fraction of sp³-hybridized carbons (Fsp3) is 0.667. The number of aromatic amines is 1. The number of nitrogens with one attached hydrogen (secondary N) is 1. The van der Waals surface area contributed by atoms with Crippen molar-refractivity contribution in [2.75, 3.05) is 20.0 Å². The average Bonchev–Trinajstić information content (AvgIpc) is 2.99. The van der Waals surface area contributed by atoms with Crippen LogP contribution in [0.5, 0.6) is 0 Å². The van der Waals surface area contributed by atoms with Gasteiger partial charge < -0.3 is 9.72 Å². The summed E-state index contributed by atoms with van der Waals surface area (Å²) in [4.78, 5) is 18.1. The Kier molecular flexibility index (Phi) is 6.52. The fourth-order valence-electron chi connectivity index (χ4n) is 5.04. The Bertz CT molecular complexity index is 849. The predicted molar refractivity (Wildman–Crippen MR) is 112 cm³/mol. The summed E-state index contributed by atoms with van der Waals surface area (Å²) in [6.45, 7) is 5.72. The van der Waals surface area contributed by atoms with Gasteiger partial charge >= 0.3 is 5.69 Å². The predicted octanol–water partition coefficient (Wildman–Crippen LogP) is 4.34. The van der Waals surface area contributed by atoms with E-state index < -0.39 is 6.86 Å². The topological polar surface area (TPSA) is 50.3 Å². The third kappa shape index (κ3) is 4.00. The number of benzene rings is 1. The number of fused-ring (bicyclic) bond motifs is 1. The Hall–Kier alpha value is -1.37. The maximum Gasteiger partial charge on any atom is 0.326 e. The fourth-order valence-corrected chi connectivity index (χ4v) is 5.04. The Morgan fingerprint density at radius 2 is 1.89 bits per heavy atom. The summed E-state index contributed by atoms with van der Waals surface area (Å²) < 4.78 is 19.5. The number of imidazole rings is 1. The number of ether oxygens (including phenoxy) is 1. The van der Waals surface area contributed by atoms with Crippen molar-refractivity contribution >= 4 is 23.4 Å². The van der Waals surface area contributed by atoms with Crippen molar-refractivity contribution in [3.05, 3.63) is 34.2 Å². The van der Waals surface area contributed by atoms with Crippen LogP contribution in [0.3, 0.4) is 0 Å². The normalized spacial score (nSPS) is 27.0. The highest BCUT2D eigenvalue weighted by atomic mass is 35.5. The first-order valence-corrected chi connectivity index (χ1v) is 10.1. The molecular formula is C21H31ClFN3O2. The van der Waals surface area contributed by atoms with Gasteiger partial charge in [0.1, 0.15) is 0 Å². The number of hydrogen-bond donors (Lipinski definition) is 1. The zero-order valence-electron chi connectivity index (χ0n) is 16.7. The molecule has 0 unspecified atom stereocenters. The zero-order chi connectivity index (χ0) is 19.0. The lowest BCUT2D eigenvalue weighted by Gasteiger charge is -2.48. The van der Waals surface area contributed by atoms with Gasteiger partial charge in [0.15, 0.2) is 6.86 Å². The quantitative estimate of drug-likeness (QED) is 0.814. The molecule has 5 nitrogen and oxygen atoms in total. The van der Waals surface area contributed by atoms with Crippen LogP contribution in [-0.2, 0) is 4.74 Å². The molecule has 0 amide bonds. The molecule has 156 valence electrons. The largest absolute Gasteiger partial charge is 0.347 e. The molecule has 0 radical (unpaired) electrons. The van der Waals surface area contributed by atoms with Gasteiger partial charge in [-0.05, 0) is 70.1 Å². The highest BCUT2D eigenvalue weighted by molar-refractivity contribution is 5.85. The zero-order valence-corrected chi connectivity index (χ0v) is 17.6. The first-order chi connectivity index (χ1) is 13.0. The van der Waals surface area contributed by atoms with E-state index in [0.29, 0.717) is 0 Å². The van der Waals surface area contributed by atoms with E-state index in [0.717, 1.165) is 62.6 Å². The highest BCUT2D eigenvalue weighted by Crippen LogP contribution is 2.38. The lowest BCUT2D eigenvalue weighted by atomic mass is 9.79. The van der Waals surface area contributed by atoms with Gasteiger partial charge in [-0.1, -0.05) is 6.07 Å². The van der Waals surface area contributed by atoms with Crippen molar-refractivity contribution < 1.29 is 9.13 Å². The maximum absolute atomic E-state index is 12.5. The molecule has 7 heteroatoms. The van der Waals surface area contributed by atoms with Gasteiger partial charge in [0.05, 0.1) is 17.1 Å². The van der Waals surface area contributed by atoms with Crippen molar-refractivity contribution in [3.63, 3.8) is 0 Å². The number of aryl methyl sites for hydroxylation is 1. The smallest absolute Gasteiger partial charge is 0.326 e. The van der Waals surface area contributed by atoms with Crippen molar-refractivity contribution in [1.29, 1.82) is 0 Å². The molecule has 1 aliphatic heterocycles. The molecule has 1 saturated carbocycles. The summed E-state index contributed by atoms with van der Waals surface area (Å²) in [7, 11) is 0. The second-order valence-corrected chi connectivity index (χ2v) is 8.51. The van der Waals surface area contributed by atoms with E-state index in [1.165, 1.54) is 5.56 Å². The molecule has 2 fully saturated rings. The second-order valence-electron chi connectivity index (χ2n) is 8.51. The van der Waals surface area contributed by atoms with Crippen molar-refractivity contribution in [2.45, 2.75) is 70.1 Å². The lowest BCUT2D eigenvalue weighted by molar-refractivity contribution is -0.0567. The van der Waals surface area contributed by atoms with Crippen molar-refractivity contribution in [2.24, 2.45) is 0 Å². The van der Waals surface area contributed by atoms with Gasteiger partial charge in [-0.25, -0.2) is 9.18 Å². The molecule has 28 heavy (non-hydrogen) atoms. The van der Waals surface area contributed by atoms with E-state index in [1.54, 1.807) is 0 Å². The van der Waals surface area contributed by atoms with E-state index >= 15 is 0 Å². The van der Waals surface area contributed by atoms with Crippen LogP contribution in [0, 0.1) is 6.92 Å². The maximum atomic E-state index is 12.5. The molecule has 0 spiro atoms. The summed E-state index contributed by atoms with van der Waals surface area (Å²) in [5.74, 6) is 0. The molecule has 2 aliphatic rings. The molecule has 0 atom stereocenters. The summed E-state index contributed by atoms with van der Waals surface area (Å²) in [5, 5.41) is 0. The molecule has 1 aromatic heterocycles. The molecule has 0 bridgehead atoms. The molecule has 2 aromatic rings. The van der Waals surface area contributed by atoms with Gasteiger partial charge in [0.2, 0.25) is 0 Å². The van der Waals surface area contributed by atoms with Crippen molar-refractivity contribution in [3.8, 4) is 0 Å². The van der Waals surface area contributed by atoms with Crippen molar-refractivity contribution in [1.82, 2.24) is 14.5 Å². The van der Waals surface area contributed by atoms with E-state index in [4.69, 9.17) is 4.74 Å². The number of alkyl halides is 1. The van der Waals surface area contributed by atoms with Crippen LogP contribution in [0.2, 0.25) is 0 Å². The van der Waals surface area contributed by atoms with E-state index in [1.807, 2.05) is 16.7 Å². The summed E-state index contributed by atoms with van der Waals surface area (Å²) in [6.07, 6.45) is 6.02. The number of aromatic nitrogens is 2. The number of nitrogens with zero attached hydrogens (tertiary/aromatic N) is 2. The second kappa shape index (κ2) is 8.56. The third-order valence-electron chi connectivity index (χ3n) is 6.77. The van der Waals surface area contributed by atoms with Crippen LogP contribution < -0.4 is 5.69 Å². The Labute approximate surface area is 171 Å². The average molecular weight is 412 g/mol. The SMILES string of the molecule is Cc1ccc2[nH]c(=O)n(C3CCN(C4(C)CCC(OCF)CC4)CC3)c2c1.Cl. The van der Waals surface area contributed by atoms with Crippen LogP contribution in [0.15, 0.2) is 23.0 Å². The van der Waals surface area contributed by atoms with Crippen LogP contribution in [0.25, 0.3) is 11.0 Å². The van der Waals surface area contributed by atoms with E-state index in [2.05, 4.69) is 29.8 Å². The molecule has 1 saturated heterocycles. The van der Waals surface area contributed by atoms with Crippen LogP contribution >= 0.6 is 12.4 Å². The molecule has 1 N–H and O–H groups in total. The first kappa shape index (κ1) is 21.3. The number of likely N-dealkylation sites (tertiary alicyclic amines) is 1. The van der Waals surface area contributed by atoms with Gasteiger partial charge in [-0.15, -0.1) is 12.4 Å². The number of hydrogen-bond acceptors (Lipinski definition) is 3. The molecule has 1 aromatic carbocycles. The number of halogens is 2. The number of H-pyrrole nitrogens is 1. The molecule has 4 rings (SSSR count). The standard InChI is InChI=1S/C21H30FN3O2.ClH/c1-15-3-4-18-19(13-15)25(20(26)23-18)16-7-11-24(12-8-16)21(2)9-5-17(6-10-21)27-14-22;/h3-4,13,16-17H,5-12,14H2,1-2H3,(H,23,26);1H. The van der Waals surface area contributed by atoms with Gasteiger partial charge in [-0.2, -0.15) is 0 Å². The minimum atomic E-state index is -0.675. The lowest BCUT2D eigenvalue weighted by Crippen LogP contribution is -2.53. The first-order valence-electron chi connectivity index (χ1n) is 10.1. The van der Waals surface area contributed by atoms with Crippen LogP contribution in [-0.4, -0.2) is 46.0 Å². The van der Waals surface area contributed by atoms with E-state index in [-0.39, 0.29) is 35.8 Å². The highest BCUT2D eigenvalue weighted by Gasteiger charge is 2.38. The summed E-state index contributed by atoms with van der Waals surface area (Å²) >= 11 is 0. The van der Waals surface area contributed by atoms with Gasteiger partial charge in [0.25, 0.3) is 0 Å². The monoisotopic (exact) mass is 411 g/mol.